The Bertz CT molecular complexity index is 668. The van der Waals surface area contributed by atoms with Crippen LogP contribution < -0.4 is 5.32 Å². The van der Waals surface area contributed by atoms with E-state index in [0.29, 0.717) is 28.1 Å². The predicted octanol–water partition coefficient (Wildman–Crippen LogP) is 4.51. The van der Waals surface area contributed by atoms with Crippen molar-refractivity contribution in [3.8, 4) is 0 Å². The van der Waals surface area contributed by atoms with Crippen molar-refractivity contribution in [1.82, 2.24) is 9.97 Å². The summed E-state index contributed by atoms with van der Waals surface area (Å²) < 4.78 is 13.6. The van der Waals surface area contributed by atoms with Crippen molar-refractivity contribution in [3.63, 3.8) is 0 Å². The van der Waals surface area contributed by atoms with Gasteiger partial charge in [-0.05, 0) is 44.4 Å². The molecule has 3 rings (SSSR count). The maximum absolute atomic E-state index is 13.6. The fourth-order valence-corrected chi connectivity index (χ4v) is 2.13. The molecule has 104 valence electrons. The Hall–Kier alpha value is -1.68. The van der Waals surface area contributed by atoms with Crippen molar-refractivity contribution in [1.29, 1.82) is 0 Å². The van der Waals surface area contributed by atoms with Gasteiger partial charge in [0, 0.05) is 17.2 Å². The molecule has 20 heavy (non-hydrogen) atoms. The lowest BCUT2D eigenvalue weighted by Gasteiger charge is -2.11. The number of halogens is 2. The van der Waals surface area contributed by atoms with E-state index in [1.165, 1.54) is 6.07 Å². The van der Waals surface area contributed by atoms with Crippen LogP contribution in [0.4, 0.5) is 15.9 Å². The molecule has 0 unspecified atom stereocenters. The number of rotatable bonds is 3. The molecule has 1 N–H and O–H groups in total. The van der Waals surface area contributed by atoms with Crippen molar-refractivity contribution in [2.24, 2.45) is 0 Å². The van der Waals surface area contributed by atoms with Gasteiger partial charge in [0.25, 0.3) is 0 Å². The van der Waals surface area contributed by atoms with Crippen LogP contribution >= 0.6 is 11.6 Å². The molecular formula is C15H15ClFN3. The average molecular weight is 292 g/mol. The van der Waals surface area contributed by atoms with E-state index in [1.807, 2.05) is 13.0 Å². The molecule has 1 heterocycles. The number of aryl methyl sites for hydroxylation is 1. The van der Waals surface area contributed by atoms with Crippen LogP contribution in [0.5, 0.6) is 0 Å². The maximum atomic E-state index is 13.6. The Morgan fingerprint density at radius 2 is 2.00 bits per heavy atom. The summed E-state index contributed by atoms with van der Waals surface area (Å²) in [6.07, 6.45) is 2.22. The second-order valence-corrected chi connectivity index (χ2v) is 5.57. The van der Waals surface area contributed by atoms with Crippen molar-refractivity contribution < 1.29 is 4.39 Å². The van der Waals surface area contributed by atoms with Crippen molar-refractivity contribution >= 4 is 23.1 Å². The molecule has 0 aliphatic heterocycles. The monoisotopic (exact) mass is 291 g/mol. The zero-order chi connectivity index (χ0) is 14.3. The minimum absolute atomic E-state index is 0.241. The summed E-state index contributed by atoms with van der Waals surface area (Å²) in [5.74, 6) is 1.60. The minimum atomic E-state index is -0.241. The van der Waals surface area contributed by atoms with E-state index in [0.717, 1.165) is 24.2 Å². The van der Waals surface area contributed by atoms with Crippen LogP contribution in [0, 0.1) is 19.7 Å². The van der Waals surface area contributed by atoms with Gasteiger partial charge in [0.05, 0.1) is 0 Å². The molecule has 0 amide bonds. The fourth-order valence-electron chi connectivity index (χ4n) is 1.96. The topological polar surface area (TPSA) is 37.8 Å². The van der Waals surface area contributed by atoms with Crippen LogP contribution in [-0.2, 0) is 0 Å². The normalized spacial score (nSPS) is 14.4. The molecule has 1 fully saturated rings. The lowest BCUT2D eigenvalue weighted by molar-refractivity contribution is 0.619. The minimum Gasteiger partial charge on any atom is -0.340 e. The molecule has 5 heteroatoms. The smallest absolute Gasteiger partial charge is 0.138 e. The highest BCUT2D eigenvalue weighted by molar-refractivity contribution is 6.30. The van der Waals surface area contributed by atoms with Gasteiger partial charge in [0.2, 0.25) is 0 Å². The predicted molar refractivity (Wildman–Crippen MR) is 78.2 cm³/mol. The number of hydrogen-bond donors (Lipinski definition) is 1. The van der Waals surface area contributed by atoms with Gasteiger partial charge >= 0.3 is 0 Å². The Morgan fingerprint density at radius 3 is 2.65 bits per heavy atom. The molecule has 0 atom stereocenters. The number of benzene rings is 1. The first kappa shape index (κ1) is 13.3. The summed E-state index contributed by atoms with van der Waals surface area (Å²) in [4.78, 5) is 8.82. The first-order chi connectivity index (χ1) is 9.54. The van der Waals surface area contributed by atoms with Gasteiger partial charge in [-0.15, -0.1) is 0 Å². The molecule has 0 radical (unpaired) electrons. The number of aromatic nitrogens is 2. The zero-order valence-corrected chi connectivity index (χ0v) is 12.1. The van der Waals surface area contributed by atoms with E-state index >= 15 is 0 Å². The molecule has 1 saturated carbocycles. The van der Waals surface area contributed by atoms with Crippen LogP contribution in [0.1, 0.15) is 35.7 Å². The quantitative estimate of drug-likeness (QED) is 0.846. The number of nitrogens with one attached hydrogen (secondary N) is 1. The van der Waals surface area contributed by atoms with Crippen LogP contribution in [0.3, 0.4) is 0 Å². The van der Waals surface area contributed by atoms with Gasteiger partial charge in [-0.3, -0.25) is 0 Å². The van der Waals surface area contributed by atoms with Crippen LogP contribution in [0.25, 0.3) is 0 Å². The van der Waals surface area contributed by atoms with E-state index in [1.54, 1.807) is 13.0 Å². The molecule has 0 bridgehead atoms. The van der Waals surface area contributed by atoms with Gasteiger partial charge in [-0.2, -0.15) is 0 Å². The average Bonchev–Trinajstić information content (AvgIpc) is 3.23. The second-order valence-electron chi connectivity index (χ2n) is 5.21. The summed E-state index contributed by atoms with van der Waals surface area (Å²) in [5.41, 5.74) is 2.05. The Kier molecular flexibility index (Phi) is 3.34. The van der Waals surface area contributed by atoms with Crippen LogP contribution in [0.2, 0.25) is 5.15 Å². The molecule has 1 aromatic carbocycles. The maximum Gasteiger partial charge on any atom is 0.138 e. The molecule has 3 nitrogen and oxygen atoms in total. The summed E-state index contributed by atoms with van der Waals surface area (Å²) in [6.45, 7) is 3.59. The van der Waals surface area contributed by atoms with Crippen LogP contribution in [0.15, 0.2) is 18.2 Å². The Morgan fingerprint density at radius 1 is 1.25 bits per heavy atom. The van der Waals surface area contributed by atoms with E-state index in [-0.39, 0.29) is 5.82 Å². The lowest BCUT2D eigenvalue weighted by atomic mass is 10.2. The van der Waals surface area contributed by atoms with Gasteiger partial charge < -0.3 is 5.32 Å². The van der Waals surface area contributed by atoms with Gasteiger partial charge in [-0.1, -0.05) is 17.7 Å². The summed E-state index contributed by atoms with van der Waals surface area (Å²) in [7, 11) is 0. The van der Waals surface area contributed by atoms with Crippen LogP contribution in [-0.4, -0.2) is 9.97 Å². The van der Waals surface area contributed by atoms with Gasteiger partial charge in [0.1, 0.15) is 22.6 Å². The molecule has 0 saturated heterocycles. The van der Waals surface area contributed by atoms with Crippen molar-refractivity contribution in [2.45, 2.75) is 32.6 Å². The lowest BCUT2D eigenvalue weighted by Crippen LogP contribution is -2.03. The molecule has 0 spiro atoms. The standard InChI is InChI=1S/C15H15ClFN3/c1-8-3-6-11(7-12(8)17)18-14-9(2)13(16)19-15(20-14)10-4-5-10/h3,6-7,10H,4-5H2,1-2H3,(H,18,19,20). The van der Waals surface area contributed by atoms with E-state index in [4.69, 9.17) is 11.6 Å². The molecular weight excluding hydrogens is 277 g/mol. The fraction of sp³-hybridized carbons (Fsp3) is 0.333. The van der Waals surface area contributed by atoms with E-state index < -0.39 is 0 Å². The second kappa shape index (κ2) is 5.02. The Labute approximate surface area is 122 Å². The SMILES string of the molecule is Cc1ccc(Nc2nc(C3CC3)nc(Cl)c2C)cc1F. The third kappa shape index (κ3) is 2.61. The van der Waals surface area contributed by atoms with Gasteiger partial charge in [0.15, 0.2) is 0 Å². The van der Waals surface area contributed by atoms with Crippen molar-refractivity contribution in [3.05, 3.63) is 46.1 Å². The highest BCUT2D eigenvalue weighted by Gasteiger charge is 2.28. The number of nitrogens with zero attached hydrogens (tertiary/aromatic N) is 2. The third-order valence-electron chi connectivity index (χ3n) is 3.48. The molecule has 1 aromatic heterocycles. The summed E-state index contributed by atoms with van der Waals surface area (Å²) in [6, 6.07) is 5.02. The molecule has 1 aliphatic rings. The largest absolute Gasteiger partial charge is 0.340 e. The first-order valence-corrected chi connectivity index (χ1v) is 6.99. The zero-order valence-electron chi connectivity index (χ0n) is 11.4. The summed E-state index contributed by atoms with van der Waals surface area (Å²) in [5, 5.41) is 3.58. The number of hydrogen-bond acceptors (Lipinski definition) is 3. The number of anilines is 2. The van der Waals surface area contributed by atoms with Gasteiger partial charge in [-0.25, -0.2) is 14.4 Å². The molecule has 2 aromatic rings. The molecule has 1 aliphatic carbocycles. The highest BCUT2D eigenvalue weighted by atomic mass is 35.5. The van der Waals surface area contributed by atoms with E-state index in [9.17, 15) is 4.39 Å². The summed E-state index contributed by atoms with van der Waals surface area (Å²) >= 11 is 6.15. The van der Waals surface area contributed by atoms with E-state index in [2.05, 4.69) is 15.3 Å². The first-order valence-electron chi connectivity index (χ1n) is 6.62. The third-order valence-corrected chi connectivity index (χ3v) is 3.85. The highest BCUT2D eigenvalue weighted by Crippen LogP contribution is 2.39. The Balaban J connectivity index is 1.94. The van der Waals surface area contributed by atoms with Crippen molar-refractivity contribution in [2.75, 3.05) is 5.32 Å².